The van der Waals surface area contributed by atoms with Crippen LogP contribution in [0.3, 0.4) is 0 Å². The van der Waals surface area contributed by atoms with Crippen LogP contribution in [0.15, 0.2) is 0 Å². The van der Waals surface area contributed by atoms with Crippen molar-refractivity contribution in [3.63, 3.8) is 0 Å². The molecule has 1 saturated carbocycles. The molecule has 0 aromatic rings. The van der Waals surface area contributed by atoms with Crippen molar-refractivity contribution in [3.05, 3.63) is 0 Å². The lowest BCUT2D eigenvalue weighted by Crippen LogP contribution is -2.59. The summed E-state index contributed by atoms with van der Waals surface area (Å²) in [6.45, 7) is 3.14. The Morgan fingerprint density at radius 1 is 0.929 bits per heavy atom. The SMILES string of the molecule is CC(C)OC(=O)NC(=O)C1CCSC1NC(=O)C1C(F)C(F)C(F)C(F)C1F. The van der Waals surface area contributed by atoms with E-state index in [9.17, 15) is 36.3 Å². The van der Waals surface area contributed by atoms with Crippen molar-refractivity contribution in [2.45, 2.75) is 62.6 Å². The molecule has 1 saturated heterocycles. The number of ether oxygens (including phenoxy) is 1. The smallest absolute Gasteiger partial charge is 0.414 e. The van der Waals surface area contributed by atoms with Gasteiger partial charge in [0.15, 0.2) is 18.5 Å². The van der Waals surface area contributed by atoms with E-state index in [0.717, 1.165) is 11.8 Å². The van der Waals surface area contributed by atoms with Gasteiger partial charge in [0.2, 0.25) is 11.8 Å². The molecule has 0 bridgehead atoms. The van der Waals surface area contributed by atoms with Crippen molar-refractivity contribution in [1.82, 2.24) is 10.6 Å². The first-order valence-corrected chi connectivity index (χ1v) is 9.73. The Bertz CT molecular complexity index is 598. The zero-order valence-corrected chi connectivity index (χ0v) is 15.9. The van der Waals surface area contributed by atoms with E-state index in [1.54, 1.807) is 13.8 Å². The van der Waals surface area contributed by atoms with Gasteiger partial charge >= 0.3 is 6.09 Å². The summed E-state index contributed by atoms with van der Waals surface area (Å²) < 4.78 is 72.9. The second kappa shape index (κ2) is 9.27. The highest BCUT2D eigenvalue weighted by Gasteiger charge is 2.56. The highest BCUT2D eigenvalue weighted by molar-refractivity contribution is 8.00. The summed E-state index contributed by atoms with van der Waals surface area (Å²) in [4.78, 5) is 35.9. The molecule has 12 heteroatoms. The number of carbonyl (C=O) groups is 3. The summed E-state index contributed by atoms with van der Waals surface area (Å²) >= 11 is 1.07. The van der Waals surface area contributed by atoms with Crippen LogP contribution in [0.5, 0.6) is 0 Å². The lowest BCUT2D eigenvalue weighted by Gasteiger charge is -2.36. The van der Waals surface area contributed by atoms with E-state index in [1.807, 2.05) is 5.32 Å². The van der Waals surface area contributed by atoms with Crippen LogP contribution in [0.2, 0.25) is 0 Å². The van der Waals surface area contributed by atoms with Gasteiger partial charge in [0.25, 0.3) is 0 Å². The van der Waals surface area contributed by atoms with Crippen LogP contribution in [-0.2, 0) is 14.3 Å². The Balaban J connectivity index is 2.02. The molecule has 6 unspecified atom stereocenters. The summed E-state index contributed by atoms with van der Waals surface area (Å²) in [5.74, 6) is -5.06. The number of alkyl carbamates (subject to hydrolysis) is 1. The van der Waals surface area contributed by atoms with Crippen LogP contribution in [0, 0.1) is 11.8 Å². The Morgan fingerprint density at radius 3 is 2.00 bits per heavy atom. The molecule has 0 spiro atoms. The average Bonchev–Trinajstić information content (AvgIpc) is 3.05. The molecular formula is C16H21F5N2O4S. The van der Waals surface area contributed by atoms with Gasteiger partial charge in [-0.25, -0.2) is 26.7 Å². The number of nitrogens with one attached hydrogen (secondary N) is 2. The number of hydrogen-bond acceptors (Lipinski definition) is 5. The van der Waals surface area contributed by atoms with Gasteiger partial charge in [0, 0.05) is 0 Å². The summed E-state index contributed by atoms with van der Waals surface area (Å²) in [6, 6.07) is 0. The second-order valence-electron chi connectivity index (χ2n) is 6.89. The number of amides is 3. The molecule has 160 valence electrons. The topological polar surface area (TPSA) is 84.5 Å². The number of thioether (sulfide) groups is 1. The fraction of sp³-hybridized carbons (Fsp3) is 0.812. The maximum Gasteiger partial charge on any atom is 0.414 e. The Morgan fingerprint density at radius 2 is 1.46 bits per heavy atom. The number of alkyl halides is 5. The van der Waals surface area contributed by atoms with Crippen LogP contribution in [0.25, 0.3) is 0 Å². The fourth-order valence-electron chi connectivity index (χ4n) is 3.06. The maximum absolute atomic E-state index is 14.0. The number of imide groups is 1. The van der Waals surface area contributed by atoms with Crippen molar-refractivity contribution in [2.24, 2.45) is 11.8 Å². The van der Waals surface area contributed by atoms with Gasteiger partial charge < -0.3 is 10.1 Å². The molecule has 1 aliphatic carbocycles. The quantitative estimate of drug-likeness (QED) is 0.666. The Hall–Kier alpha value is -1.59. The Kier molecular flexibility index (Phi) is 7.52. The molecule has 28 heavy (non-hydrogen) atoms. The average molecular weight is 432 g/mol. The highest BCUT2D eigenvalue weighted by Crippen LogP contribution is 2.37. The van der Waals surface area contributed by atoms with E-state index in [0.29, 0.717) is 5.75 Å². The van der Waals surface area contributed by atoms with E-state index in [4.69, 9.17) is 4.74 Å². The van der Waals surface area contributed by atoms with Gasteiger partial charge in [-0.3, -0.25) is 14.9 Å². The third kappa shape index (κ3) is 4.87. The third-order valence-electron chi connectivity index (χ3n) is 4.49. The fourth-order valence-corrected chi connectivity index (χ4v) is 4.40. The van der Waals surface area contributed by atoms with Gasteiger partial charge in [-0.05, 0) is 26.0 Å². The second-order valence-corrected chi connectivity index (χ2v) is 8.14. The van der Waals surface area contributed by atoms with E-state index >= 15 is 0 Å². The molecule has 6 atom stereocenters. The number of rotatable bonds is 4. The standard InChI is InChI=1S/C16H21F5N2O4S/c1-5(2)27-16(26)23-13(24)6-3-4-28-15(6)22-14(25)7-8(17)10(19)12(21)11(20)9(7)18/h5-12,15H,3-4H2,1-2H3,(H,22,25)(H,23,24,26). The summed E-state index contributed by atoms with van der Waals surface area (Å²) in [7, 11) is 0. The van der Waals surface area contributed by atoms with Gasteiger partial charge in [-0.1, -0.05) is 0 Å². The van der Waals surface area contributed by atoms with Gasteiger partial charge in [-0.2, -0.15) is 0 Å². The van der Waals surface area contributed by atoms with Crippen LogP contribution in [0.4, 0.5) is 26.7 Å². The minimum atomic E-state index is -3.00. The molecule has 2 fully saturated rings. The predicted octanol–water partition coefficient (Wildman–Crippen LogP) is 2.16. The van der Waals surface area contributed by atoms with E-state index < -0.39 is 72.1 Å². The molecule has 6 nitrogen and oxygen atoms in total. The zero-order valence-electron chi connectivity index (χ0n) is 15.0. The lowest BCUT2D eigenvalue weighted by atomic mass is 9.81. The molecule has 0 aromatic carbocycles. The zero-order chi connectivity index (χ0) is 21.2. The van der Waals surface area contributed by atoms with Crippen molar-refractivity contribution in [2.75, 3.05) is 5.75 Å². The first-order chi connectivity index (χ1) is 13.0. The van der Waals surface area contributed by atoms with Gasteiger partial charge in [-0.15, -0.1) is 11.8 Å². The van der Waals surface area contributed by atoms with Crippen LogP contribution in [-0.4, -0.2) is 66.0 Å². The Labute approximate surface area is 162 Å². The molecular weight excluding hydrogens is 411 g/mol. The molecule has 2 aliphatic rings. The normalized spacial score (nSPS) is 38.1. The van der Waals surface area contributed by atoms with Gasteiger partial charge in [0.05, 0.1) is 17.4 Å². The molecule has 0 aromatic heterocycles. The first-order valence-electron chi connectivity index (χ1n) is 8.68. The number of halogens is 5. The summed E-state index contributed by atoms with van der Waals surface area (Å²) in [6.07, 6.45) is -15.9. The molecule has 2 rings (SSSR count). The van der Waals surface area contributed by atoms with E-state index in [1.165, 1.54) is 0 Å². The lowest BCUT2D eigenvalue weighted by molar-refractivity contribution is -0.143. The van der Waals surface area contributed by atoms with Crippen molar-refractivity contribution < 1.29 is 41.1 Å². The van der Waals surface area contributed by atoms with Gasteiger partial charge in [0.1, 0.15) is 18.3 Å². The van der Waals surface area contributed by atoms with Crippen LogP contribution < -0.4 is 10.6 Å². The molecule has 0 radical (unpaired) electrons. The minimum absolute atomic E-state index is 0.239. The predicted molar refractivity (Wildman–Crippen MR) is 90.2 cm³/mol. The minimum Gasteiger partial charge on any atom is -0.447 e. The summed E-state index contributed by atoms with van der Waals surface area (Å²) in [5, 5.41) is 3.20. The molecule has 1 heterocycles. The van der Waals surface area contributed by atoms with Crippen LogP contribution >= 0.6 is 11.8 Å². The first kappa shape index (κ1) is 22.7. The molecule has 3 amide bonds. The van der Waals surface area contributed by atoms with Crippen molar-refractivity contribution >= 4 is 29.7 Å². The summed E-state index contributed by atoms with van der Waals surface area (Å²) in [5.41, 5.74) is 0. The molecule has 1 aliphatic heterocycles. The third-order valence-corrected chi connectivity index (χ3v) is 5.76. The van der Waals surface area contributed by atoms with Crippen LogP contribution in [0.1, 0.15) is 20.3 Å². The highest BCUT2D eigenvalue weighted by atomic mass is 32.2. The van der Waals surface area contributed by atoms with Crippen molar-refractivity contribution in [1.29, 1.82) is 0 Å². The van der Waals surface area contributed by atoms with Crippen molar-refractivity contribution in [3.8, 4) is 0 Å². The molecule has 2 N–H and O–H groups in total. The largest absolute Gasteiger partial charge is 0.447 e. The monoisotopic (exact) mass is 432 g/mol. The number of hydrogen-bond donors (Lipinski definition) is 2. The van der Waals surface area contributed by atoms with E-state index in [-0.39, 0.29) is 6.42 Å². The van der Waals surface area contributed by atoms with E-state index in [2.05, 4.69) is 5.32 Å². The maximum atomic E-state index is 14.0. The number of carbonyl (C=O) groups excluding carboxylic acids is 3.